The fourth-order valence-electron chi connectivity index (χ4n) is 2.53. The van der Waals surface area contributed by atoms with Crippen molar-refractivity contribution in [3.63, 3.8) is 0 Å². The summed E-state index contributed by atoms with van der Waals surface area (Å²) in [4.78, 5) is 14.4. The number of benzene rings is 1. The number of rotatable bonds is 4. The number of aryl methyl sites for hydroxylation is 2. The molecule has 1 N–H and O–H groups in total. The fraction of sp³-hybridized carbons (Fsp3) is 0.471. The van der Waals surface area contributed by atoms with Crippen molar-refractivity contribution in [2.45, 2.75) is 46.8 Å². The highest BCUT2D eigenvalue weighted by Gasteiger charge is 2.26. The van der Waals surface area contributed by atoms with Gasteiger partial charge in [-0.2, -0.15) is 0 Å². The van der Waals surface area contributed by atoms with Crippen molar-refractivity contribution >= 4 is 16.9 Å². The Morgan fingerprint density at radius 3 is 2.48 bits per heavy atom. The topological polar surface area (TPSA) is 53.7 Å². The van der Waals surface area contributed by atoms with Gasteiger partial charge in [0.15, 0.2) is 5.76 Å². The van der Waals surface area contributed by atoms with Crippen LogP contribution in [-0.2, 0) is 0 Å². The van der Waals surface area contributed by atoms with E-state index < -0.39 is 6.10 Å². The molecule has 0 saturated carbocycles. The number of nitrogens with zero attached hydrogens (tertiary/aromatic N) is 1. The Labute approximate surface area is 125 Å². The number of para-hydroxylation sites is 1. The van der Waals surface area contributed by atoms with Crippen molar-refractivity contribution in [1.82, 2.24) is 4.90 Å². The number of aliphatic hydroxyl groups excluding tert-OH is 1. The molecule has 0 aliphatic carbocycles. The first-order valence-electron chi connectivity index (χ1n) is 7.30. The largest absolute Gasteiger partial charge is 0.450 e. The van der Waals surface area contributed by atoms with Crippen LogP contribution in [-0.4, -0.2) is 34.6 Å². The number of hydrogen-bond donors (Lipinski definition) is 1. The van der Waals surface area contributed by atoms with Crippen molar-refractivity contribution in [1.29, 1.82) is 0 Å². The zero-order chi connectivity index (χ0) is 15.7. The first-order chi connectivity index (χ1) is 9.82. The van der Waals surface area contributed by atoms with Crippen LogP contribution in [0.3, 0.4) is 0 Å². The summed E-state index contributed by atoms with van der Waals surface area (Å²) in [5, 5.41) is 10.6. The molecule has 0 bridgehead atoms. The maximum atomic E-state index is 12.7. The molecule has 0 radical (unpaired) electrons. The lowest BCUT2D eigenvalue weighted by Gasteiger charge is -2.27. The Balaban J connectivity index is 2.47. The summed E-state index contributed by atoms with van der Waals surface area (Å²) in [5.74, 6) is 0.202. The average Bonchev–Trinajstić information content (AvgIpc) is 2.74. The molecule has 114 valence electrons. The van der Waals surface area contributed by atoms with E-state index in [1.807, 2.05) is 45.9 Å². The van der Waals surface area contributed by atoms with Crippen LogP contribution in [0, 0.1) is 13.8 Å². The molecule has 21 heavy (non-hydrogen) atoms. The van der Waals surface area contributed by atoms with E-state index in [0.29, 0.717) is 12.3 Å². The summed E-state index contributed by atoms with van der Waals surface area (Å²) in [5.41, 5.74) is 2.63. The maximum Gasteiger partial charge on any atom is 0.290 e. The van der Waals surface area contributed by atoms with Gasteiger partial charge in [0.1, 0.15) is 5.58 Å². The van der Waals surface area contributed by atoms with Crippen LogP contribution < -0.4 is 0 Å². The zero-order valence-corrected chi connectivity index (χ0v) is 13.3. The van der Waals surface area contributed by atoms with Gasteiger partial charge in [-0.1, -0.05) is 18.2 Å². The SMILES string of the molecule is Cc1c(C(=O)N(CC(C)O)C(C)C)oc2c(C)cccc12. The molecule has 1 atom stereocenters. The fourth-order valence-corrected chi connectivity index (χ4v) is 2.53. The minimum Gasteiger partial charge on any atom is -0.450 e. The van der Waals surface area contributed by atoms with Gasteiger partial charge in [-0.05, 0) is 40.2 Å². The van der Waals surface area contributed by atoms with E-state index in [9.17, 15) is 9.90 Å². The molecule has 0 fully saturated rings. The minimum absolute atomic E-state index is 0.000749. The van der Waals surface area contributed by atoms with Gasteiger partial charge in [-0.25, -0.2) is 0 Å². The van der Waals surface area contributed by atoms with E-state index in [1.165, 1.54) is 0 Å². The van der Waals surface area contributed by atoms with E-state index >= 15 is 0 Å². The molecule has 0 spiro atoms. The molecular formula is C17H23NO3. The predicted molar refractivity (Wildman–Crippen MR) is 83.5 cm³/mol. The second-order valence-corrected chi connectivity index (χ2v) is 5.91. The molecule has 2 rings (SSSR count). The molecule has 1 aromatic heterocycles. The van der Waals surface area contributed by atoms with Gasteiger partial charge in [0.05, 0.1) is 6.10 Å². The van der Waals surface area contributed by atoms with Crippen molar-refractivity contribution < 1.29 is 14.3 Å². The molecular weight excluding hydrogens is 266 g/mol. The van der Waals surface area contributed by atoms with Crippen LogP contribution in [0.2, 0.25) is 0 Å². The van der Waals surface area contributed by atoms with Gasteiger partial charge in [0.2, 0.25) is 0 Å². The van der Waals surface area contributed by atoms with Gasteiger partial charge in [0, 0.05) is 23.5 Å². The highest BCUT2D eigenvalue weighted by atomic mass is 16.3. The van der Waals surface area contributed by atoms with Crippen LogP contribution in [0.4, 0.5) is 0 Å². The second kappa shape index (κ2) is 5.90. The Morgan fingerprint density at radius 2 is 1.95 bits per heavy atom. The summed E-state index contributed by atoms with van der Waals surface area (Å²) in [6.45, 7) is 9.71. The molecule has 2 aromatic rings. The van der Waals surface area contributed by atoms with Gasteiger partial charge in [-0.15, -0.1) is 0 Å². The number of furan rings is 1. The van der Waals surface area contributed by atoms with E-state index in [0.717, 1.165) is 22.1 Å². The summed E-state index contributed by atoms with van der Waals surface area (Å²) in [6, 6.07) is 5.90. The number of aliphatic hydroxyl groups is 1. The van der Waals surface area contributed by atoms with Gasteiger partial charge in [-0.3, -0.25) is 4.79 Å². The average molecular weight is 289 g/mol. The third-order valence-corrected chi connectivity index (χ3v) is 3.70. The quantitative estimate of drug-likeness (QED) is 0.939. The van der Waals surface area contributed by atoms with E-state index in [1.54, 1.807) is 11.8 Å². The Bertz CT molecular complexity index is 655. The maximum absolute atomic E-state index is 12.7. The van der Waals surface area contributed by atoms with E-state index in [2.05, 4.69) is 0 Å². The van der Waals surface area contributed by atoms with Crippen LogP contribution in [0.5, 0.6) is 0 Å². The summed E-state index contributed by atoms with van der Waals surface area (Å²) in [6.07, 6.45) is -0.567. The normalized spacial score (nSPS) is 12.9. The molecule has 1 unspecified atom stereocenters. The Kier molecular flexibility index (Phi) is 4.37. The molecule has 4 heteroatoms. The summed E-state index contributed by atoms with van der Waals surface area (Å²) < 4.78 is 5.83. The minimum atomic E-state index is -0.567. The number of carbonyl (C=O) groups is 1. The third kappa shape index (κ3) is 2.95. The van der Waals surface area contributed by atoms with Gasteiger partial charge in [0.25, 0.3) is 5.91 Å². The number of amides is 1. The van der Waals surface area contributed by atoms with E-state index in [-0.39, 0.29) is 11.9 Å². The van der Waals surface area contributed by atoms with E-state index in [4.69, 9.17) is 4.42 Å². The van der Waals surface area contributed by atoms with Gasteiger partial charge < -0.3 is 14.4 Å². The molecule has 0 aliphatic heterocycles. The summed E-state index contributed by atoms with van der Waals surface area (Å²) in [7, 11) is 0. The van der Waals surface area contributed by atoms with Crippen molar-refractivity contribution in [3.8, 4) is 0 Å². The third-order valence-electron chi connectivity index (χ3n) is 3.70. The zero-order valence-electron chi connectivity index (χ0n) is 13.3. The summed E-state index contributed by atoms with van der Waals surface area (Å²) >= 11 is 0. The molecule has 1 amide bonds. The van der Waals surface area contributed by atoms with Crippen molar-refractivity contribution in [3.05, 3.63) is 35.1 Å². The van der Waals surface area contributed by atoms with Crippen molar-refractivity contribution in [2.24, 2.45) is 0 Å². The highest BCUT2D eigenvalue weighted by molar-refractivity contribution is 5.99. The second-order valence-electron chi connectivity index (χ2n) is 5.91. The standard InChI is InChI=1S/C17H23NO3/c1-10(2)18(9-12(4)19)17(20)16-13(5)14-8-6-7-11(3)15(14)21-16/h6-8,10,12,19H,9H2,1-5H3. The predicted octanol–water partition coefficient (Wildman–Crippen LogP) is 3.28. The first-order valence-corrected chi connectivity index (χ1v) is 7.30. The first kappa shape index (κ1) is 15.6. The monoisotopic (exact) mass is 289 g/mol. The smallest absolute Gasteiger partial charge is 0.290 e. The Morgan fingerprint density at radius 1 is 1.29 bits per heavy atom. The molecule has 1 heterocycles. The van der Waals surface area contributed by atoms with Gasteiger partial charge >= 0.3 is 0 Å². The van der Waals surface area contributed by atoms with Crippen LogP contribution in [0.1, 0.15) is 42.5 Å². The molecule has 0 saturated heterocycles. The lowest BCUT2D eigenvalue weighted by molar-refractivity contribution is 0.0550. The number of hydrogen-bond acceptors (Lipinski definition) is 3. The molecule has 4 nitrogen and oxygen atoms in total. The van der Waals surface area contributed by atoms with Crippen LogP contribution >= 0.6 is 0 Å². The van der Waals surface area contributed by atoms with Crippen LogP contribution in [0.15, 0.2) is 22.6 Å². The number of carbonyl (C=O) groups excluding carboxylic acids is 1. The highest BCUT2D eigenvalue weighted by Crippen LogP contribution is 2.28. The lowest BCUT2D eigenvalue weighted by Crippen LogP contribution is -2.41. The molecule has 0 aliphatic rings. The lowest BCUT2D eigenvalue weighted by atomic mass is 10.1. The molecule has 1 aromatic carbocycles. The Hall–Kier alpha value is -1.81. The van der Waals surface area contributed by atoms with Crippen molar-refractivity contribution in [2.75, 3.05) is 6.54 Å². The van der Waals surface area contributed by atoms with Crippen LogP contribution in [0.25, 0.3) is 11.0 Å². The number of fused-ring (bicyclic) bond motifs is 1.